The number of ether oxygens (including phenoxy) is 1. The topological polar surface area (TPSA) is 56.5 Å². The van der Waals surface area contributed by atoms with Crippen LogP contribution in [0, 0.1) is 0 Å². The van der Waals surface area contributed by atoms with E-state index in [1.165, 1.54) is 15.7 Å². The van der Waals surface area contributed by atoms with Gasteiger partial charge in [-0.15, -0.1) is 10.2 Å². The molecule has 0 spiro atoms. The van der Waals surface area contributed by atoms with Gasteiger partial charge >= 0.3 is 0 Å². The van der Waals surface area contributed by atoms with E-state index in [-0.39, 0.29) is 5.56 Å². The molecule has 0 aliphatic rings. The van der Waals surface area contributed by atoms with Crippen LogP contribution in [0.3, 0.4) is 0 Å². The Morgan fingerprint density at radius 2 is 1.67 bits per heavy atom. The van der Waals surface area contributed by atoms with Gasteiger partial charge < -0.3 is 4.74 Å². The van der Waals surface area contributed by atoms with E-state index in [4.69, 9.17) is 16.3 Å². The molecule has 0 aliphatic heterocycles. The Morgan fingerprint density at radius 3 is 2.50 bits per heavy atom. The lowest BCUT2D eigenvalue weighted by Crippen LogP contribution is -2.23. The van der Waals surface area contributed by atoms with Gasteiger partial charge in [0.2, 0.25) is 4.96 Å². The zero-order chi connectivity index (χ0) is 20.5. The van der Waals surface area contributed by atoms with Crippen molar-refractivity contribution in [2.75, 3.05) is 0 Å². The number of hydrogen-bond donors (Lipinski definition) is 0. The van der Waals surface area contributed by atoms with Crippen molar-refractivity contribution in [3.05, 3.63) is 104 Å². The standard InChI is InChI=1S/C23H14ClN3O2S/c24-19-12-5-4-11-18(19)21-25-26-23-27(21)22(28)20(30-23)14-15-7-6-10-17(13-15)29-16-8-2-1-3-9-16/h1-14H. The number of nitrogens with zero attached hydrogens (tertiary/aromatic N) is 3. The maximum absolute atomic E-state index is 13.1. The molecule has 0 saturated carbocycles. The van der Waals surface area contributed by atoms with Crippen LogP contribution in [0.5, 0.6) is 11.5 Å². The summed E-state index contributed by atoms with van der Waals surface area (Å²) in [6.07, 6.45) is 1.83. The van der Waals surface area contributed by atoms with Crippen molar-refractivity contribution in [3.8, 4) is 22.9 Å². The lowest BCUT2D eigenvalue weighted by atomic mass is 10.2. The van der Waals surface area contributed by atoms with E-state index in [0.717, 1.165) is 11.3 Å². The number of thiazole rings is 1. The zero-order valence-electron chi connectivity index (χ0n) is 15.5. The highest BCUT2D eigenvalue weighted by Gasteiger charge is 2.16. The van der Waals surface area contributed by atoms with Gasteiger partial charge in [-0.25, -0.2) is 4.40 Å². The number of hydrogen-bond acceptors (Lipinski definition) is 5. The first-order valence-corrected chi connectivity index (χ1v) is 10.4. The van der Waals surface area contributed by atoms with E-state index in [2.05, 4.69) is 10.2 Å². The van der Waals surface area contributed by atoms with Gasteiger partial charge in [0, 0.05) is 5.56 Å². The predicted molar refractivity (Wildman–Crippen MR) is 119 cm³/mol. The molecule has 7 heteroatoms. The largest absolute Gasteiger partial charge is 0.457 e. The van der Waals surface area contributed by atoms with E-state index in [1.807, 2.05) is 78.9 Å². The summed E-state index contributed by atoms with van der Waals surface area (Å²) in [6, 6.07) is 24.4. The fourth-order valence-electron chi connectivity index (χ4n) is 3.12. The third-order valence-corrected chi connectivity index (χ3v) is 5.79. The third-order valence-electron chi connectivity index (χ3n) is 4.50. The summed E-state index contributed by atoms with van der Waals surface area (Å²) in [5, 5.41) is 8.84. The van der Waals surface area contributed by atoms with Crippen molar-refractivity contribution in [2.45, 2.75) is 0 Å². The molecule has 2 aromatic heterocycles. The predicted octanol–water partition coefficient (Wildman–Crippen LogP) is 4.81. The minimum absolute atomic E-state index is 0.177. The summed E-state index contributed by atoms with van der Waals surface area (Å²) in [5.41, 5.74) is 1.35. The quantitative estimate of drug-likeness (QED) is 0.409. The average molecular weight is 432 g/mol. The first-order valence-electron chi connectivity index (χ1n) is 9.16. The Labute approximate surface area is 180 Å². The van der Waals surface area contributed by atoms with E-state index in [1.54, 1.807) is 6.07 Å². The lowest BCUT2D eigenvalue weighted by molar-refractivity contribution is 0.482. The molecule has 2 heterocycles. The van der Waals surface area contributed by atoms with Crippen molar-refractivity contribution in [3.63, 3.8) is 0 Å². The maximum Gasteiger partial charge on any atom is 0.276 e. The summed E-state index contributed by atoms with van der Waals surface area (Å²) >= 11 is 7.57. The van der Waals surface area contributed by atoms with E-state index < -0.39 is 0 Å². The molecule has 0 aliphatic carbocycles. The molecule has 0 atom stereocenters. The van der Waals surface area contributed by atoms with Crippen LogP contribution >= 0.6 is 22.9 Å². The highest BCUT2D eigenvalue weighted by atomic mass is 35.5. The second-order valence-corrected chi connectivity index (χ2v) is 7.94. The zero-order valence-corrected chi connectivity index (χ0v) is 17.1. The fraction of sp³-hybridized carbons (Fsp3) is 0. The van der Waals surface area contributed by atoms with E-state index in [0.29, 0.717) is 31.7 Å². The van der Waals surface area contributed by atoms with Gasteiger partial charge in [-0.3, -0.25) is 4.79 Å². The summed E-state index contributed by atoms with van der Waals surface area (Å²) < 4.78 is 7.95. The molecular weight excluding hydrogens is 418 g/mol. The minimum atomic E-state index is -0.177. The van der Waals surface area contributed by atoms with E-state index in [9.17, 15) is 4.79 Å². The number of fused-ring (bicyclic) bond motifs is 1. The monoisotopic (exact) mass is 431 g/mol. The van der Waals surface area contributed by atoms with Crippen molar-refractivity contribution in [2.24, 2.45) is 0 Å². The van der Waals surface area contributed by atoms with Crippen LogP contribution in [0.4, 0.5) is 0 Å². The molecule has 5 aromatic rings. The van der Waals surface area contributed by atoms with Crippen LogP contribution < -0.4 is 14.8 Å². The molecule has 0 radical (unpaired) electrons. The molecule has 0 unspecified atom stereocenters. The van der Waals surface area contributed by atoms with Crippen LogP contribution in [0.25, 0.3) is 22.4 Å². The Bertz CT molecular complexity index is 1460. The normalized spacial score (nSPS) is 11.8. The molecule has 5 rings (SSSR count). The summed E-state index contributed by atoms with van der Waals surface area (Å²) in [4.78, 5) is 13.6. The smallest absolute Gasteiger partial charge is 0.276 e. The first-order chi connectivity index (χ1) is 14.7. The van der Waals surface area contributed by atoms with Crippen LogP contribution in [-0.4, -0.2) is 14.6 Å². The molecular formula is C23H14ClN3O2S. The molecule has 5 nitrogen and oxygen atoms in total. The van der Waals surface area contributed by atoms with Crippen LogP contribution in [0.1, 0.15) is 5.56 Å². The Balaban J connectivity index is 1.56. The molecule has 3 aromatic carbocycles. The molecule has 146 valence electrons. The van der Waals surface area contributed by atoms with Crippen molar-refractivity contribution in [1.29, 1.82) is 0 Å². The number of para-hydroxylation sites is 1. The summed E-state index contributed by atoms with van der Waals surface area (Å²) in [5.74, 6) is 1.89. The second kappa shape index (κ2) is 7.74. The maximum atomic E-state index is 13.1. The van der Waals surface area contributed by atoms with E-state index >= 15 is 0 Å². The second-order valence-electron chi connectivity index (χ2n) is 6.52. The molecule has 0 N–H and O–H groups in total. The molecule has 0 amide bonds. The Kier molecular flexibility index (Phi) is 4.78. The van der Waals surface area contributed by atoms with Crippen LogP contribution in [0.15, 0.2) is 83.7 Å². The van der Waals surface area contributed by atoms with Gasteiger partial charge in [0.15, 0.2) is 5.82 Å². The lowest BCUT2D eigenvalue weighted by Gasteiger charge is -2.05. The SMILES string of the molecule is O=c1c(=Cc2cccc(Oc3ccccc3)c2)sc2nnc(-c3ccccc3Cl)n12. The summed E-state index contributed by atoms with van der Waals surface area (Å²) in [7, 11) is 0. The third kappa shape index (κ3) is 3.47. The molecule has 0 bridgehead atoms. The van der Waals surface area contributed by atoms with Gasteiger partial charge in [-0.05, 0) is 48.0 Å². The Morgan fingerprint density at radius 1 is 0.900 bits per heavy atom. The molecule has 0 saturated heterocycles. The summed E-state index contributed by atoms with van der Waals surface area (Å²) in [6.45, 7) is 0. The van der Waals surface area contributed by atoms with Crippen LogP contribution in [-0.2, 0) is 0 Å². The molecule has 30 heavy (non-hydrogen) atoms. The highest BCUT2D eigenvalue weighted by molar-refractivity contribution is 7.15. The van der Waals surface area contributed by atoms with Crippen molar-refractivity contribution >= 4 is 34.0 Å². The average Bonchev–Trinajstić information content (AvgIpc) is 3.30. The van der Waals surface area contributed by atoms with Crippen LogP contribution in [0.2, 0.25) is 5.02 Å². The number of rotatable bonds is 4. The highest BCUT2D eigenvalue weighted by Crippen LogP contribution is 2.26. The van der Waals surface area contributed by atoms with Gasteiger partial charge in [0.25, 0.3) is 5.56 Å². The fourth-order valence-corrected chi connectivity index (χ4v) is 4.26. The first kappa shape index (κ1) is 18.5. The number of halogens is 1. The van der Waals surface area contributed by atoms with Gasteiger partial charge in [-0.2, -0.15) is 0 Å². The number of benzene rings is 3. The minimum Gasteiger partial charge on any atom is -0.457 e. The van der Waals surface area contributed by atoms with Gasteiger partial charge in [0.1, 0.15) is 11.5 Å². The van der Waals surface area contributed by atoms with Crippen molar-refractivity contribution in [1.82, 2.24) is 14.6 Å². The van der Waals surface area contributed by atoms with Gasteiger partial charge in [-0.1, -0.05) is 65.4 Å². The molecule has 0 fully saturated rings. The Hall–Kier alpha value is -3.48. The van der Waals surface area contributed by atoms with Gasteiger partial charge in [0.05, 0.1) is 9.55 Å². The van der Waals surface area contributed by atoms with Crippen molar-refractivity contribution < 1.29 is 4.74 Å². The number of aromatic nitrogens is 3.